The van der Waals surface area contributed by atoms with Crippen molar-refractivity contribution in [3.05, 3.63) is 35.4 Å². The molecule has 0 atom stereocenters. The minimum absolute atomic E-state index is 0.472. The van der Waals surface area contributed by atoms with E-state index in [0.29, 0.717) is 5.05 Å². The molecule has 0 fully saturated rings. The predicted octanol–water partition coefficient (Wildman–Crippen LogP) is 1.77. The van der Waals surface area contributed by atoms with E-state index in [1.54, 1.807) is 0 Å². The highest BCUT2D eigenvalue weighted by Gasteiger charge is 2.01. The minimum Gasteiger partial charge on any atom is -0.533 e. The van der Waals surface area contributed by atoms with Gasteiger partial charge >= 0.3 is 10.5 Å². The Morgan fingerprint density at radius 2 is 2.09 bits per heavy atom. The molecule has 0 unspecified atom stereocenters. The summed E-state index contributed by atoms with van der Waals surface area (Å²) in [5, 5.41) is 0.472. The van der Waals surface area contributed by atoms with Crippen molar-refractivity contribution in [3.63, 3.8) is 0 Å². The summed E-state index contributed by atoms with van der Waals surface area (Å²) in [6.45, 7) is 1.99. The smallest absolute Gasteiger partial charge is 0.342 e. The third-order valence-corrected chi connectivity index (χ3v) is 2.11. The zero-order chi connectivity index (χ0) is 8.27. The second kappa shape index (κ2) is 3.64. The molecule has 0 aliphatic heterocycles. The topological polar surface area (TPSA) is 9.23 Å². The summed E-state index contributed by atoms with van der Waals surface area (Å²) < 4.78 is 4.75. The van der Waals surface area contributed by atoms with Crippen molar-refractivity contribution in [2.75, 3.05) is 0 Å². The van der Waals surface area contributed by atoms with Gasteiger partial charge in [-0.1, -0.05) is 24.3 Å². The monoisotopic (exact) mass is 179 g/mol. The number of thiocarbonyl (C=S) groups is 1. The standard InChI is InChI=1S/C8H7OSSi/c1-6-4-2-3-5-7(6)8(10)9-11/h2-5H,1H3. The Morgan fingerprint density at radius 1 is 1.45 bits per heavy atom. The van der Waals surface area contributed by atoms with Crippen LogP contribution >= 0.6 is 12.2 Å². The molecule has 1 aromatic carbocycles. The number of rotatable bonds is 1. The molecule has 0 aromatic heterocycles. The maximum Gasteiger partial charge on any atom is 0.342 e. The van der Waals surface area contributed by atoms with E-state index in [4.69, 9.17) is 16.6 Å². The van der Waals surface area contributed by atoms with Gasteiger partial charge in [-0.05, 0) is 24.7 Å². The molecule has 1 rings (SSSR count). The summed E-state index contributed by atoms with van der Waals surface area (Å²) in [6, 6.07) is 7.82. The summed E-state index contributed by atoms with van der Waals surface area (Å²) in [5.41, 5.74) is 2.08. The second-order valence-corrected chi connectivity index (χ2v) is 2.78. The van der Waals surface area contributed by atoms with Gasteiger partial charge in [0.25, 0.3) is 0 Å². The van der Waals surface area contributed by atoms with Gasteiger partial charge in [0.05, 0.1) is 0 Å². The molecule has 0 saturated heterocycles. The molecule has 3 radical (unpaired) electrons. The molecule has 3 heteroatoms. The summed E-state index contributed by atoms with van der Waals surface area (Å²) in [7, 11) is 2.89. The van der Waals surface area contributed by atoms with Crippen LogP contribution in [0.25, 0.3) is 0 Å². The van der Waals surface area contributed by atoms with E-state index in [0.717, 1.165) is 11.1 Å². The molecular formula is C8H7OSSi. The first-order chi connectivity index (χ1) is 5.25. The Kier molecular flexibility index (Phi) is 2.79. The van der Waals surface area contributed by atoms with Crippen LogP contribution in [0.1, 0.15) is 11.1 Å². The lowest BCUT2D eigenvalue weighted by molar-refractivity contribution is 0.631. The van der Waals surface area contributed by atoms with Gasteiger partial charge in [-0.3, -0.25) is 0 Å². The summed E-state index contributed by atoms with van der Waals surface area (Å²) in [6.07, 6.45) is 0. The Morgan fingerprint density at radius 3 is 2.64 bits per heavy atom. The van der Waals surface area contributed by atoms with E-state index < -0.39 is 0 Å². The summed E-state index contributed by atoms with van der Waals surface area (Å²) in [5.74, 6) is 0. The summed E-state index contributed by atoms with van der Waals surface area (Å²) in [4.78, 5) is 0. The number of aryl methyl sites for hydroxylation is 1. The Bertz CT molecular complexity index is 273. The molecule has 0 bridgehead atoms. The van der Waals surface area contributed by atoms with Gasteiger partial charge in [0.1, 0.15) is 0 Å². The van der Waals surface area contributed by atoms with Gasteiger partial charge in [0.15, 0.2) is 5.05 Å². The largest absolute Gasteiger partial charge is 0.533 e. The van der Waals surface area contributed by atoms with Gasteiger partial charge in [0, 0.05) is 5.56 Å². The van der Waals surface area contributed by atoms with Crippen LogP contribution in [0.5, 0.6) is 0 Å². The van der Waals surface area contributed by atoms with Crippen LogP contribution in [0.4, 0.5) is 0 Å². The van der Waals surface area contributed by atoms with Gasteiger partial charge < -0.3 is 4.43 Å². The fourth-order valence-corrected chi connectivity index (χ4v) is 1.20. The van der Waals surface area contributed by atoms with Gasteiger partial charge in [-0.2, -0.15) is 0 Å². The first kappa shape index (κ1) is 8.42. The average Bonchev–Trinajstić information content (AvgIpc) is 2.04. The van der Waals surface area contributed by atoms with E-state index in [-0.39, 0.29) is 0 Å². The lowest BCUT2D eigenvalue weighted by Gasteiger charge is -2.04. The molecule has 0 aliphatic rings. The van der Waals surface area contributed by atoms with Crippen LogP contribution in [0, 0.1) is 6.92 Å². The number of benzene rings is 1. The van der Waals surface area contributed by atoms with Crippen molar-refractivity contribution in [1.29, 1.82) is 0 Å². The van der Waals surface area contributed by atoms with E-state index in [1.807, 2.05) is 31.2 Å². The zero-order valence-electron chi connectivity index (χ0n) is 6.13. The van der Waals surface area contributed by atoms with Crippen molar-refractivity contribution in [3.8, 4) is 0 Å². The predicted molar refractivity (Wildman–Crippen MR) is 49.7 cm³/mol. The lowest BCUT2D eigenvalue weighted by atomic mass is 10.1. The molecule has 11 heavy (non-hydrogen) atoms. The molecular weight excluding hydrogens is 172 g/mol. The molecule has 0 spiro atoms. The molecule has 0 N–H and O–H groups in total. The Hall–Kier alpha value is -0.673. The quantitative estimate of drug-likeness (QED) is 0.480. The Labute approximate surface area is 74.9 Å². The van der Waals surface area contributed by atoms with E-state index in [2.05, 4.69) is 10.5 Å². The van der Waals surface area contributed by atoms with Crippen LogP contribution in [-0.4, -0.2) is 15.5 Å². The van der Waals surface area contributed by atoms with Crippen molar-refractivity contribution in [2.45, 2.75) is 6.92 Å². The molecule has 0 saturated carbocycles. The molecule has 0 aliphatic carbocycles. The molecule has 1 nitrogen and oxygen atoms in total. The maximum absolute atomic E-state index is 4.94. The first-order valence-corrected chi connectivity index (χ1v) is 4.01. The van der Waals surface area contributed by atoms with E-state index in [1.165, 1.54) is 0 Å². The van der Waals surface area contributed by atoms with Crippen molar-refractivity contribution < 1.29 is 4.43 Å². The fourth-order valence-electron chi connectivity index (χ4n) is 0.857. The van der Waals surface area contributed by atoms with Crippen molar-refractivity contribution in [2.24, 2.45) is 0 Å². The highest BCUT2D eigenvalue weighted by atomic mass is 32.1. The average molecular weight is 179 g/mol. The normalized spacial score (nSPS) is 9.27. The lowest BCUT2D eigenvalue weighted by Crippen LogP contribution is -2.02. The van der Waals surface area contributed by atoms with Crippen LogP contribution in [0.3, 0.4) is 0 Å². The third kappa shape index (κ3) is 1.88. The number of hydrogen-bond acceptors (Lipinski definition) is 2. The van der Waals surface area contributed by atoms with Crippen molar-refractivity contribution >= 4 is 27.8 Å². The third-order valence-electron chi connectivity index (χ3n) is 1.46. The van der Waals surface area contributed by atoms with Gasteiger partial charge in [0.2, 0.25) is 0 Å². The van der Waals surface area contributed by atoms with Crippen LogP contribution in [0.15, 0.2) is 24.3 Å². The van der Waals surface area contributed by atoms with Crippen LogP contribution < -0.4 is 0 Å². The fraction of sp³-hybridized carbons (Fsp3) is 0.125. The minimum atomic E-state index is 0.472. The maximum atomic E-state index is 4.94. The van der Waals surface area contributed by atoms with E-state index in [9.17, 15) is 0 Å². The zero-order valence-corrected chi connectivity index (χ0v) is 7.94. The van der Waals surface area contributed by atoms with Gasteiger partial charge in [-0.15, -0.1) is 0 Å². The highest BCUT2D eigenvalue weighted by molar-refractivity contribution is 7.80. The molecule has 1 aromatic rings. The van der Waals surface area contributed by atoms with Crippen molar-refractivity contribution in [1.82, 2.24) is 0 Å². The van der Waals surface area contributed by atoms with Gasteiger partial charge in [-0.25, -0.2) is 0 Å². The second-order valence-electron chi connectivity index (χ2n) is 2.20. The number of hydrogen-bond donors (Lipinski definition) is 0. The van der Waals surface area contributed by atoms with Crippen LogP contribution in [-0.2, 0) is 4.43 Å². The Balaban J connectivity index is 3.03. The molecule has 0 heterocycles. The molecule has 55 valence electrons. The highest BCUT2D eigenvalue weighted by Crippen LogP contribution is 2.08. The SMILES string of the molecule is Cc1ccccc1C(=S)O[Si]. The van der Waals surface area contributed by atoms with E-state index >= 15 is 0 Å². The van der Waals surface area contributed by atoms with Crippen LogP contribution in [0.2, 0.25) is 0 Å². The first-order valence-electron chi connectivity index (χ1n) is 3.19. The summed E-state index contributed by atoms with van der Waals surface area (Å²) >= 11 is 4.94. The molecule has 0 amide bonds.